The predicted molar refractivity (Wildman–Crippen MR) is 107 cm³/mol. The average molecular weight is 354 g/mol. The first-order valence-electron chi connectivity index (χ1n) is 10.8. The van der Waals surface area contributed by atoms with Gasteiger partial charge in [-0.15, -0.1) is 0 Å². The number of piperidine rings is 1. The van der Waals surface area contributed by atoms with E-state index < -0.39 is 0 Å². The Hall–Kier alpha value is -0.160. The molecule has 2 heterocycles. The highest BCUT2D eigenvalue weighted by molar-refractivity contribution is 4.77. The minimum Gasteiger partial charge on any atom is -0.379 e. The molecule has 2 fully saturated rings. The Bertz CT molecular complexity index is 326. The first-order chi connectivity index (χ1) is 12.1. The van der Waals surface area contributed by atoms with Gasteiger partial charge in [0.15, 0.2) is 0 Å². The summed E-state index contributed by atoms with van der Waals surface area (Å²) in [4.78, 5) is 7.90. The fourth-order valence-electron chi connectivity index (χ4n) is 4.24. The van der Waals surface area contributed by atoms with Crippen LogP contribution in [0.15, 0.2) is 0 Å². The minimum absolute atomic E-state index is 0.639. The maximum atomic E-state index is 5.96. The monoisotopic (exact) mass is 353 g/mol. The fourth-order valence-corrected chi connectivity index (χ4v) is 4.24. The standard InChI is InChI=1S/C21H43N3O/c1-19(2)23-11-7-5-6-10-22(14-16-25-17-15-23)18-21-8-12-24(13-9-21)20(3)4/h19-21H,5-18H2,1-4H3. The lowest BCUT2D eigenvalue weighted by Crippen LogP contribution is -2.42. The van der Waals surface area contributed by atoms with Crippen LogP contribution in [0.25, 0.3) is 0 Å². The summed E-state index contributed by atoms with van der Waals surface area (Å²) in [6.07, 6.45) is 6.79. The average Bonchev–Trinajstić information content (AvgIpc) is 2.57. The van der Waals surface area contributed by atoms with Gasteiger partial charge in [0.2, 0.25) is 0 Å². The van der Waals surface area contributed by atoms with Gasteiger partial charge in [-0.05, 0) is 85.5 Å². The van der Waals surface area contributed by atoms with Crippen molar-refractivity contribution < 1.29 is 4.74 Å². The second-order valence-electron chi connectivity index (χ2n) is 8.68. The Morgan fingerprint density at radius 1 is 0.720 bits per heavy atom. The van der Waals surface area contributed by atoms with Crippen molar-refractivity contribution in [3.63, 3.8) is 0 Å². The number of rotatable bonds is 4. The van der Waals surface area contributed by atoms with Crippen LogP contribution in [-0.4, -0.2) is 85.8 Å². The van der Waals surface area contributed by atoms with Gasteiger partial charge in [-0.1, -0.05) is 6.42 Å². The molecule has 0 aromatic rings. The molecule has 2 aliphatic heterocycles. The van der Waals surface area contributed by atoms with Crippen LogP contribution in [0.5, 0.6) is 0 Å². The van der Waals surface area contributed by atoms with Crippen molar-refractivity contribution in [1.29, 1.82) is 0 Å². The van der Waals surface area contributed by atoms with Crippen molar-refractivity contribution in [2.75, 3.05) is 59.0 Å². The summed E-state index contributed by atoms with van der Waals surface area (Å²) >= 11 is 0. The summed E-state index contributed by atoms with van der Waals surface area (Å²) in [5.74, 6) is 0.888. The first kappa shape index (κ1) is 21.1. The lowest BCUT2D eigenvalue weighted by molar-refractivity contribution is 0.0604. The molecule has 0 unspecified atom stereocenters. The molecule has 0 amide bonds. The maximum absolute atomic E-state index is 5.96. The van der Waals surface area contributed by atoms with Crippen LogP contribution in [0, 0.1) is 5.92 Å². The van der Waals surface area contributed by atoms with Crippen molar-refractivity contribution in [2.45, 2.75) is 71.9 Å². The molecule has 0 aromatic carbocycles. The van der Waals surface area contributed by atoms with Crippen molar-refractivity contribution in [3.05, 3.63) is 0 Å². The molecule has 25 heavy (non-hydrogen) atoms. The Labute approximate surface area is 156 Å². The number of hydrogen-bond donors (Lipinski definition) is 0. The smallest absolute Gasteiger partial charge is 0.0594 e. The lowest BCUT2D eigenvalue weighted by atomic mass is 9.95. The van der Waals surface area contributed by atoms with E-state index in [9.17, 15) is 0 Å². The molecule has 2 saturated heterocycles. The highest BCUT2D eigenvalue weighted by Crippen LogP contribution is 2.20. The molecule has 0 atom stereocenters. The minimum atomic E-state index is 0.639. The number of hydrogen-bond acceptors (Lipinski definition) is 4. The summed E-state index contributed by atoms with van der Waals surface area (Å²) in [5.41, 5.74) is 0. The molecule has 0 radical (unpaired) electrons. The molecular weight excluding hydrogens is 310 g/mol. The Balaban J connectivity index is 1.73. The third kappa shape index (κ3) is 7.94. The second kappa shape index (κ2) is 11.5. The van der Waals surface area contributed by atoms with Gasteiger partial charge >= 0.3 is 0 Å². The third-order valence-corrected chi connectivity index (χ3v) is 6.12. The van der Waals surface area contributed by atoms with Gasteiger partial charge in [-0.25, -0.2) is 0 Å². The van der Waals surface area contributed by atoms with Gasteiger partial charge in [0.1, 0.15) is 0 Å². The molecule has 4 heteroatoms. The van der Waals surface area contributed by atoms with E-state index in [1.807, 2.05) is 0 Å². The number of ether oxygens (including phenoxy) is 1. The molecule has 0 saturated carbocycles. The molecular formula is C21H43N3O. The van der Waals surface area contributed by atoms with Gasteiger partial charge < -0.3 is 14.5 Å². The van der Waals surface area contributed by atoms with E-state index in [-0.39, 0.29) is 0 Å². The Morgan fingerprint density at radius 3 is 2.00 bits per heavy atom. The van der Waals surface area contributed by atoms with Crippen molar-refractivity contribution >= 4 is 0 Å². The van der Waals surface area contributed by atoms with Crippen LogP contribution < -0.4 is 0 Å². The van der Waals surface area contributed by atoms with Crippen LogP contribution in [-0.2, 0) is 4.74 Å². The van der Waals surface area contributed by atoms with Crippen LogP contribution in [0.3, 0.4) is 0 Å². The van der Waals surface area contributed by atoms with E-state index in [1.54, 1.807) is 0 Å². The third-order valence-electron chi connectivity index (χ3n) is 6.12. The lowest BCUT2D eigenvalue weighted by Gasteiger charge is -2.37. The SMILES string of the molecule is CC(C)N1CCCCCN(CC2CCN(C(C)C)CC2)CCOCC1. The largest absolute Gasteiger partial charge is 0.379 e. The Morgan fingerprint density at radius 2 is 1.32 bits per heavy atom. The highest BCUT2D eigenvalue weighted by atomic mass is 16.5. The van der Waals surface area contributed by atoms with Gasteiger partial charge in [-0.2, -0.15) is 0 Å². The van der Waals surface area contributed by atoms with E-state index in [0.29, 0.717) is 12.1 Å². The zero-order valence-electron chi connectivity index (χ0n) is 17.4. The van der Waals surface area contributed by atoms with E-state index in [0.717, 1.165) is 32.2 Å². The van der Waals surface area contributed by atoms with Gasteiger partial charge in [0, 0.05) is 31.7 Å². The molecule has 4 nitrogen and oxygen atoms in total. The highest BCUT2D eigenvalue weighted by Gasteiger charge is 2.22. The Kier molecular flexibility index (Phi) is 9.75. The first-order valence-corrected chi connectivity index (χ1v) is 10.8. The van der Waals surface area contributed by atoms with E-state index >= 15 is 0 Å². The van der Waals surface area contributed by atoms with Crippen LogP contribution >= 0.6 is 0 Å². The van der Waals surface area contributed by atoms with Gasteiger partial charge in [-0.3, -0.25) is 4.90 Å². The van der Waals surface area contributed by atoms with E-state index in [1.165, 1.54) is 64.8 Å². The fraction of sp³-hybridized carbons (Fsp3) is 1.00. The second-order valence-corrected chi connectivity index (χ2v) is 8.68. The molecule has 0 aliphatic carbocycles. The normalized spacial score (nSPS) is 25.2. The molecule has 0 bridgehead atoms. The van der Waals surface area contributed by atoms with Crippen molar-refractivity contribution in [1.82, 2.24) is 14.7 Å². The summed E-state index contributed by atoms with van der Waals surface area (Å²) in [5, 5.41) is 0. The van der Waals surface area contributed by atoms with Gasteiger partial charge in [0.05, 0.1) is 13.2 Å². The molecule has 0 spiro atoms. The zero-order valence-corrected chi connectivity index (χ0v) is 17.4. The summed E-state index contributed by atoms with van der Waals surface area (Å²) in [6, 6.07) is 1.35. The van der Waals surface area contributed by atoms with E-state index in [2.05, 4.69) is 42.4 Å². The number of likely N-dealkylation sites (tertiary alicyclic amines) is 1. The zero-order chi connectivity index (χ0) is 18.1. The maximum Gasteiger partial charge on any atom is 0.0594 e. The number of nitrogens with zero attached hydrogens (tertiary/aromatic N) is 3. The van der Waals surface area contributed by atoms with Crippen molar-refractivity contribution in [3.8, 4) is 0 Å². The summed E-state index contributed by atoms with van der Waals surface area (Å²) in [7, 11) is 0. The van der Waals surface area contributed by atoms with Crippen molar-refractivity contribution in [2.24, 2.45) is 5.92 Å². The summed E-state index contributed by atoms with van der Waals surface area (Å²) in [6.45, 7) is 19.6. The van der Waals surface area contributed by atoms with Crippen LogP contribution in [0.2, 0.25) is 0 Å². The summed E-state index contributed by atoms with van der Waals surface area (Å²) < 4.78 is 5.96. The van der Waals surface area contributed by atoms with Crippen LogP contribution in [0.4, 0.5) is 0 Å². The molecule has 148 valence electrons. The molecule has 0 N–H and O–H groups in total. The van der Waals surface area contributed by atoms with Gasteiger partial charge in [0.25, 0.3) is 0 Å². The van der Waals surface area contributed by atoms with Crippen LogP contribution in [0.1, 0.15) is 59.8 Å². The molecule has 2 aliphatic rings. The molecule has 2 rings (SSSR count). The predicted octanol–water partition coefficient (Wildman–Crippen LogP) is 3.32. The molecule has 0 aromatic heterocycles. The van der Waals surface area contributed by atoms with E-state index in [4.69, 9.17) is 4.74 Å². The quantitative estimate of drug-likeness (QED) is 0.772. The topological polar surface area (TPSA) is 19.0 Å².